The van der Waals surface area contributed by atoms with Crippen LogP contribution in [0.3, 0.4) is 0 Å². The van der Waals surface area contributed by atoms with Crippen LogP contribution in [0.2, 0.25) is 0 Å². The molecule has 0 radical (unpaired) electrons. The second-order valence-electron chi connectivity index (χ2n) is 3.98. The van der Waals surface area contributed by atoms with Crippen LogP contribution >= 0.6 is 11.3 Å². The van der Waals surface area contributed by atoms with Crippen LogP contribution in [0.1, 0.15) is 17.3 Å². The molecule has 104 valence electrons. The molecular weight excluding hydrogens is 278 g/mol. The lowest BCUT2D eigenvalue weighted by atomic mass is 10.1. The quantitative estimate of drug-likeness (QED) is 0.653. The van der Waals surface area contributed by atoms with E-state index in [2.05, 4.69) is 10.6 Å². The summed E-state index contributed by atoms with van der Waals surface area (Å²) in [7, 11) is 0. The van der Waals surface area contributed by atoms with Crippen LogP contribution in [0.15, 0.2) is 35.0 Å². The van der Waals surface area contributed by atoms with Gasteiger partial charge in [-0.2, -0.15) is 11.3 Å². The minimum atomic E-state index is -0.517. The van der Waals surface area contributed by atoms with E-state index in [0.717, 1.165) is 0 Å². The Morgan fingerprint density at radius 2 is 2.20 bits per heavy atom. The van der Waals surface area contributed by atoms with Crippen molar-refractivity contribution in [2.24, 2.45) is 0 Å². The minimum Gasteiger partial charge on any atom is -0.385 e. The van der Waals surface area contributed by atoms with Gasteiger partial charge in [0.05, 0.1) is 16.2 Å². The van der Waals surface area contributed by atoms with Crippen molar-refractivity contribution in [3.05, 3.63) is 50.7 Å². The van der Waals surface area contributed by atoms with Crippen molar-refractivity contribution in [2.45, 2.75) is 6.92 Å². The van der Waals surface area contributed by atoms with Gasteiger partial charge in [-0.3, -0.25) is 14.9 Å². The second kappa shape index (κ2) is 6.16. The number of nitrogens with one attached hydrogen (secondary N) is 2. The number of anilines is 2. The molecule has 2 N–H and O–H groups in total. The Morgan fingerprint density at radius 1 is 1.40 bits per heavy atom. The number of non-ortho nitro benzene ring substituents is 1. The van der Waals surface area contributed by atoms with Crippen LogP contribution < -0.4 is 10.6 Å². The number of nitro benzene ring substituents is 1. The number of hydrogen-bond donors (Lipinski definition) is 2. The third-order valence-corrected chi connectivity index (χ3v) is 3.29. The number of rotatable bonds is 5. The fraction of sp³-hybridized carbons (Fsp3) is 0.154. The maximum Gasteiger partial charge on any atom is 0.270 e. The molecule has 0 unspecified atom stereocenters. The number of nitrogens with zero attached hydrogens (tertiary/aromatic N) is 1. The number of thiophene rings is 1. The lowest BCUT2D eigenvalue weighted by Gasteiger charge is -2.10. The molecule has 1 aromatic heterocycles. The monoisotopic (exact) mass is 291 g/mol. The van der Waals surface area contributed by atoms with Crippen molar-refractivity contribution in [3.8, 4) is 0 Å². The van der Waals surface area contributed by atoms with Gasteiger partial charge in [0, 0.05) is 29.7 Å². The molecule has 0 aliphatic carbocycles. The van der Waals surface area contributed by atoms with Crippen molar-refractivity contribution < 1.29 is 9.72 Å². The molecule has 1 aromatic carbocycles. The number of amides is 1. The zero-order chi connectivity index (χ0) is 14.5. The van der Waals surface area contributed by atoms with E-state index >= 15 is 0 Å². The maximum absolute atomic E-state index is 12.2. The van der Waals surface area contributed by atoms with Gasteiger partial charge in [0.1, 0.15) is 0 Å². The Hall–Kier alpha value is -2.41. The highest BCUT2D eigenvalue weighted by atomic mass is 32.1. The summed E-state index contributed by atoms with van der Waals surface area (Å²) in [6, 6.07) is 5.97. The predicted octanol–water partition coefficient (Wildman–Crippen LogP) is 3.34. The van der Waals surface area contributed by atoms with Gasteiger partial charge in [0.2, 0.25) is 0 Å². The van der Waals surface area contributed by atoms with Gasteiger partial charge in [-0.15, -0.1) is 0 Å². The van der Waals surface area contributed by atoms with E-state index < -0.39 is 4.92 Å². The molecule has 0 bridgehead atoms. The van der Waals surface area contributed by atoms with Crippen LogP contribution in [0.4, 0.5) is 17.1 Å². The number of carbonyl (C=O) groups excluding carboxylic acids is 1. The lowest BCUT2D eigenvalue weighted by Crippen LogP contribution is -2.14. The zero-order valence-corrected chi connectivity index (χ0v) is 11.6. The fourth-order valence-corrected chi connectivity index (χ4v) is 2.30. The normalized spacial score (nSPS) is 10.1. The van der Waals surface area contributed by atoms with E-state index in [4.69, 9.17) is 0 Å². The molecule has 7 heteroatoms. The molecule has 20 heavy (non-hydrogen) atoms. The molecule has 0 saturated heterocycles. The Balaban J connectivity index is 2.33. The van der Waals surface area contributed by atoms with Crippen molar-refractivity contribution >= 4 is 34.3 Å². The number of nitro groups is 1. The highest BCUT2D eigenvalue weighted by Crippen LogP contribution is 2.23. The molecule has 0 fully saturated rings. The molecule has 0 aliphatic rings. The van der Waals surface area contributed by atoms with E-state index in [1.165, 1.54) is 23.5 Å². The van der Waals surface area contributed by atoms with E-state index in [-0.39, 0.29) is 17.2 Å². The molecule has 1 heterocycles. The second-order valence-corrected chi connectivity index (χ2v) is 4.76. The Kier molecular flexibility index (Phi) is 4.31. The lowest BCUT2D eigenvalue weighted by molar-refractivity contribution is -0.384. The minimum absolute atomic E-state index is 0.109. The van der Waals surface area contributed by atoms with Crippen molar-refractivity contribution in [1.82, 2.24) is 0 Å². The number of benzene rings is 1. The van der Waals surface area contributed by atoms with Crippen LogP contribution in [0.5, 0.6) is 0 Å². The zero-order valence-electron chi connectivity index (χ0n) is 10.8. The van der Waals surface area contributed by atoms with Crippen LogP contribution in [0, 0.1) is 10.1 Å². The summed E-state index contributed by atoms with van der Waals surface area (Å²) in [5.41, 5.74) is 1.40. The van der Waals surface area contributed by atoms with Crippen LogP contribution in [-0.4, -0.2) is 17.4 Å². The average molecular weight is 291 g/mol. The summed E-state index contributed by atoms with van der Waals surface area (Å²) in [5, 5.41) is 20.2. The van der Waals surface area contributed by atoms with E-state index in [0.29, 0.717) is 17.9 Å². The molecular formula is C13H13N3O3S. The highest BCUT2D eigenvalue weighted by molar-refractivity contribution is 7.08. The molecule has 0 aliphatic heterocycles. The topological polar surface area (TPSA) is 84.3 Å². The summed E-state index contributed by atoms with van der Waals surface area (Å²) in [4.78, 5) is 22.5. The summed E-state index contributed by atoms with van der Waals surface area (Å²) in [5.74, 6) is -0.372. The molecule has 1 amide bonds. The van der Waals surface area contributed by atoms with Gasteiger partial charge in [-0.25, -0.2) is 0 Å². The SMILES string of the molecule is CCNc1ccc([N+](=O)[O-])cc1C(=O)Nc1ccsc1. The first-order chi connectivity index (χ1) is 9.61. The molecule has 0 spiro atoms. The Morgan fingerprint density at radius 3 is 2.80 bits per heavy atom. The summed E-state index contributed by atoms with van der Waals surface area (Å²) in [6.07, 6.45) is 0. The summed E-state index contributed by atoms with van der Waals surface area (Å²) < 4.78 is 0. The molecule has 2 rings (SSSR count). The van der Waals surface area contributed by atoms with Gasteiger partial charge in [-0.1, -0.05) is 0 Å². The maximum atomic E-state index is 12.2. The van der Waals surface area contributed by atoms with E-state index in [9.17, 15) is 14.9 Å². The molecule has 2 aromatic rings. The van der Waals surface area contributed by atoms with Crippen LogP contribution in [0.25, 0.3) is 0 Å². The first-order valence-corrected chi connectivity index (χ1v) is 6.92. The van der Waals surface area contributed by atoms with Crippen molar-refractivity contribution in [3.63, 3.8) is 0 Å². The van der Waals surface area contributed by atoms with Gasteiger partial charge < -0.3 is 10.6 Å². The highest BCUT2D eigenvalue weighted by Gasteiger charge is 2.16. The number of hydrogen-bond acceptors (Lipinski definition) is 5. The standard InChI is InChI=1S/C13H13N3O3S/c1-2-14-12-4-3-10(16(18)19)7-11(12)13(17)15-9-5-6-20-8-9/h3-8,14H,2H2,1H3,(H,15,17). The smallest absolute Gasteiger partial charge is 0.270 e. The third kappa shape index (κ3) is 3.12. The summed E-state index contributed by atoms with van der Waals surface area (Å²) >= 11 is 1.46. The van der Waals surface area contributed by atoms with Gasteiger partial charge >= 0.3 is 0 Å². The van der Waals surface area contributed by atoms with Gasteiger partial charge in [0.25, 0.3) is 11.6 Å². The van der Waals surface area contributed by atoms with E-state index in [1.54, 1.807) is 17.5 Å². The average Bonchev–Trinajstić information content (AvgIpc) is 2.92. The molecule has 0 saturated carbocycles. The summed E-state index contributed by atoms with van der Waals surface area (Å²) in [6.45, 7) is 2.51. The third-order valence-electron chi connectivity index (χ3n) is 2.60. The molecule has 0 atom stereocenters. The fourth-order valence-electron chi connectivity index (χ4n) is 1.71. The van der Waals surface area contributed by atoms with Crippen molar-refractivity contribution in [1.29, 1.82) is 0 Å². The Labute approximate surface area is 119 Å². The Bertz CT molecular complexity index is 626. The van der Waals surface area contributed by atoms with Gasteiger partial charge in [0.15, 0.2) is 0 Å². The first kappa shape index (κ1) is 14.0. The predicted molar refractivity (Wildman–Crippen MR) is 79.5 cm³/mol. The largest absolute Gasteiger partial charge is 0.385 e. The van der Waals surface area contributed by atoms with E-state index in [1.807, 2.05) is 12.3 Å². The molecule has 6 nitrogen and oxygen atoms in total. The van der Waals surface area contributed by atoms with Crippen LogP contribution in [-0.2, 0) is 0 Å². The number of carbonyl (C=O) groups is 1. The van der Waals surface area contributed by atoms with Crippen molar-refractivity contribution in [2.75, 3.05) is 17.2 Å². The van der Waals surface area contributed by atoms with Gasteiger partial charge in [-0.05, 0) is 24.4 Å². The first-order valence-electron chi connectivity index (χ1n) is 5.97.